The molecule has 0 bridgehead atoms. The quantitative estimate of drug-likeness (QED) is 0.501. The van der Waals surface area contributed by atoms with Crippen molar-refractivity contribution in [3.8, 4) is 0 Å². The molecule has 1 N–H and O–H groups in total. The summed E-state index contributed by atoms with van der Waals surface area (Å²) in [5.41, 5.74) is 0. The van der Waals surface area contributed by atoms with Gasteiger partial charge in [-0.3, -0.25) is 0 Å². The summed E-state index contributed by atoms with van der Waals surface area (Å²) >= 11 is 0. The zero-order valence-electron chi connectivity index (χ0n) is 10.8. The Morgan fingerprint density at radius 3 is 1.87 bits per heavy atom. The molecule has 1 unspecified atom stereocenters. The minimum Gasteiger partial charge on any atom is -0.396 e. The first kappa shape index (κ1) is 15.0. The fraction of sp³-hybridized carbons (Fsp3) is 1.00. The predicted molar refractivity (Wildman–Crippen MR) is 68.1 cm³/mol. The Hall–Kier alpha value is -0.0400. The van der Waals surface area contributed by atoms with E-state index in [4.69, 9.17) is 5.11 Å². The van der Waals surface area contributed by atoms with Gasteiger partial charge in [0.25, 0.3) is 0 Å². The summed E-state index contributed by atoms with van der Waals surface area (Å²) in [5, 5.41) is 8.76. The summed E-state index contributed by atoms with van der Waals surface area (Å²) in [6.07, 6.45) is 13.5. The summed E-state index contributed by atoms with van der Waals surface area (Å²) < 4.78 is 0. The van der Waals surface area contributed by atoms with Gasteiger partial charge in [-0.2, -0.15) is 0 Å². The summed E-state index contributed by atoms with van der Waals surface area (Å²) in [7, 11) is 0. The van der Waals surface area contributed by atoms with E-state index in [0.29, 0.717) is 6.61 Å². The molecule has 0 aliphatic heterocycles. The van der Waals surface area contributed by atoms with Crippen LogP contribution in [0.15, 0.2) is 0 Å². The zero-order chi connectivity index (χ0) is 11.4. The molecule has 15 heavy (non-hydrogen) atoms. The van der Waals surface area contributed by atoms with Crippen LogP contribution in [0.4, 0.5) is 0 Å². The molecule has 0 saturated heterocycles. The van der Waals surface area contributed by atoms with Crippen molar-refractivity contribution in [2.45, 2.75) is 78.1 Å². The number of hydrogen-bond acceptors (Lipinski definition) is 1. The molecular weight excluding hydrogens is 184 g/mol. The molecule has 0 aromatic heterocycles. The molecule has 0 saturated carbocycles. The van der Waals surface area contributed by atoms with E-state index in [-0.39, 0.29) is 0 Å². The van der Waals surface area contributed by atoms with E-state index in [1.807, 2.05) is 0 Å². The van der Waals surface area contributed by atoms with Gasteiger partial charge in [0, 0.05) is 6.61 Å². The van der Waals surface area contributed by atoms with E-state index in [2.05, 4.69) is 13.8 Å². The Kier molecular flexibility index (Phi) is 12.0. The summed E-state index contributed by atoms with van der Waals surface area (Å²) in [6.45, 7) is 4.87. The van der Waals surface area contributed by atoms with Crippen molar-refractivity contribution < 1.29 is 5.11 Å². The van der Waals surface area contributed by atoms with Gasteiger partial charge in [0.2, 0.25) is 0 Å². The fourth-order valence-electron chi connectivity index (χ4n) is 1.99. The Balaban J connectivity index is 2.98. The number of unbranched alkanes of at least 4 members (excludes halogenated alkanes) is 7. The first-order valence-electron chi connectivity index (χ1n) is 6.92. The van der Waals surface area contributed by atoms with Gasteiger partial charge in [0.05, 0.1) is 0 Å². The Morgan fingerprint density at radius 2 is 1.33 bits per heavy atom. The number of hydrogen-bond donors (Lipinski definition) is 1. The van der Waals surface area contributed by atoms with Crippen molar-refractivity contribution >= 4 is 0 Å². The first-order valence-corrected chi connectivity index (χ1v) is 6.92. The van der Waals surface area contributed by atoms with Gasteiger partial charge in [-0.25, -0.2) is 0 Å². The highest BCUT2D eigenvalue weighted by Gasteiger charge is 2.00. The second-order valence-corrected chi connectivity index (χ2v) is 4.88. The van der Waals surface area contributed by atoms with Crippen molar-refractivity contribution in [1.29, 1.82) is 0 Å². The lowest BCUT2D eigenvalue weighted by Crippen LogP contribution is -1.97. The maximum absolute atomic E-state index is 8.76. The average Bonchev–Trinajstić information content (AvgIpc) is 2.22. The molecule has 0 radical (unpaired) electrons. The van der Waals surface area contributed by atoms with Gasteiger partial charge in [0.15, 0.2) is 0 Å². The van der Waals surface area contributed by atoms with E-state index in [1.54, 1.807) is 0 Å². The molecule has 1 heteroatoms. The number of aliphatic hydroxyl groups excluding tert-OH is 1. The van der Waals surface area contributed by atoms with E-state index >= 15 is 0 Å². The molecule has 0 heterocycles. The monoisotopic (exact) mass is 214 g/mol. The van der Waals surface area contributed by atoms with E-state index < -0.39 is 0 Å². The molecule has 0 fully saturated rings. The molecular formula is C14H30O. The topological polar surface area (TPSA) is 20.2 Å². The molecule has 0 aromatic carbocycles. The lowest BCUT2D eigenvalue weighted by atomic mass is 9.99. The molecule has 1 atom stereocenters. The predicted octanol–water partition coefficient (Wildman–Crippen LogP) is 4.54. The third kappa shape index (κ3) is 11.9. The van der Waals surface area contributed by atoms with Crippen LogP contribution >= 0.6 is 0 Å². The standard InChI is InChI=1S/C14H30O/c1-3-4-5-6-7-8-9-10-11-14(2)12-13-15/h14-15H,3-13H2,1-2H3. The molecule has 0 rings (SSSR count). The van der Waals surface area contributed by atoms with Crippen LogP contribution in [0.1, 0.15) is 78.1 Å². The minimum absolute atomic E-state index is 0.359. The molecule has 92 valence electrons. The minimum atomic E-state index is 0.359. The van der Waals surface area contributed by atoms with Crippen molar-refractivity contribution in [3.05, 3.63) is 0 Å². The Labute approximate surface area is 96.3 Å². The highest BCUT2D eigenvalue weighted by Crippen LogP contribution is 2.14. The molecule has 1 nitrogen and oxygen atoms in total. The third-order valence-corrected chi connectivity index (χ3v) is 3.17. The molecule has 0 spiro atoms. The highest BCUT2D eigenvalue weighted by atomic mass is 16.3. The average molecular weight is 214 g/mol. The maximum Gasteiger partial charge on any atom is 0.0433 e. The van der Waals surface area contributed by atoms with Crippen LogP contribution in [0.25, 0.3) is 0 Å². The largest absolute Gasteiger partial charge is 0.396 e. The second-order valence-electron chi connectivity index (χ2n) is 4.88. The Bertz CT molecular complexity index is 112. The van der Waals surface area contributed by atoms with Crippen LogP contribution in [0.3, 0.4) is 0 Å². The molecule has 0 aromatic rings. The molecule has 0 aliphatic carbocycles. The van der Waals surface area contributed by atoms with Crippen molar-refractivity contribution in [1.82, 2.24) is 0 Å². The maximum atomic E-state index is 8.76. The highest BCUT2D eigenvalue weighted by molar-refractivity contribution is 4.53. The van der Waals surface area contributed by atoms with Crippen molar-refractivity contribution in [2.75, 3.05) is 6.61 Å². The van der Waals surface area contributed by atoms with Gasteiger partial charge in [-0.1, -0.05) is 71.6 Å². The van der Waals surface area contributed by atoms with Crippen molar-refractivity contribution in [3.63, 3.8) is 0 Å². The summed E-state index contributed by atoms with van der Waals surface area (Å²) in [6, 6.07) is 0. The van der Waals surface area contributed by atoms with Gasteiger partial charge >= 0.3 is 0 Å². The van der Waals surface area contributed by atoms with Crippen LogP contribution in [0.5, 0.6) is 0 Å². The second kappa shape index (κ2) is 12.0. The van der Waals surface area contributed by atoms with Gasteiger partial charge < -0.3 is 5.11 Å². The van der Waals surface area contributed by atoms with Gasteiger partial charge in [0.1, 0.15) is 0 Å². The normalized spacial score (nSPS) is 13.0. The van der Waals surface area contributed by atoms with E-state index in [0.717, 1.165) is 12.3 Å². The smallest absolute Gasteiger partial charge is 0.0433 e. The van der Waals surface area contributed by atoms with Gasteiger partial charge in [-0.05, 0) is 12.3 Å². The van der Waals surface area contributed by atoms with E-state index in [9.17, 15) is 0 Å². The summed E-state index contributed by atoms with van der Waals surface area (Å²) in [5.74, 6) is 0.718. The third-order valence-electron chi connectivity index (χ3n) is 3.17. The van der Waals surface area contributed by atoms with Crippen LogP contribution in [0.2, 0.25) is 0 Å². The van der Waals surface area contributed by atoms with Gasteiger partial charge in [-0.15, -0.1) is 0 Å². The van der Waals surface area contributed by atoms with Crippen molar-refractivity contribution in [2.24, 2.45) is 5.92 Å². The zero-order valence-corrected chi connectivity index (χ0v) is 10.8. The number of rotatable bonds is 11. The van der Waals surface area contributed by atoms with Crippen LogP contribution < -0.4 is 0 Å². The van der Waals surface area contributed by atoms with Crippen LogP contribution in [-0.4, -0.2) is 11.7 Å². The Morgan fingerprint density at radius 1 is 0.800 bits per heavy atom. The lowest BCUT2D eigenvalue weighted by molar-refractivity contribution is 0.256. The first-order chi connectivity index (χ1) is 7.31. The van der Waals surface area contributed by atoms with Crippen LogP contribution in [-0.2, 0) is 0 Å². The van der Waals surface area contributed by atoms with E-state index in [1.165, 1.54) is 57.8 Å². The van der Waals surface area contributed by atoms with Crippen LogP contribution in [0, 0.1) is 5.92 Å². The molecule has 0 amide bonds. The number of aliphatic hydroxyl groups is 1. The molecule has 0 aliphatic rings. The fourth-order valence-corrected chi connectivity index (χ4v) is 1.99. The summed E-state index contributed by atoms with van der Waals surface area (Å²) in [4.78, 5) is 0. The SMILES string of the molecule is CCCCCCCCCCC(C)CCO. The lowest BCUT2D eigenvalue weighted by Gasteiger charge is -2.08.